The number of hydrogen-bond donors (Lipinski definition) is 3. The van der Waals surface area contributed by atoms with Crippen molar-refractivity contribution >= 4 is 21.7 Å². The predicted octanol–water partition coefficient (Wildman–Crippen LogP) is 1.83. The Morgan fingerprint density at radius 1 is 1.33 bits per heavy atom. The summed E-state index contributed by atoms with van der Waals surface area (Å²) in [4.78, 5) is 13.0. The highest BCUT2D eigenvalue weighted by Crippen LogP contribution is 2.27. The molecule has 0 unspecified atom stereocenters. The summed E-state index contributed by atoms with van der Waals surface area (Å²) in [7, 11) is -2.46. The normalized spacial score (nSPS) is 11.1. The van der Waals surface area contributed by atoms with E-state index in [-0.39, 0.29) is 16.3 Å². The third-order valence-electron chi connectivity index (χ3n) is 2.80. The van der Waals surface area contributed by atoms with Gasteiger partial charge in [0.25, 0.3) is 10.0 Å². The molecule has 0 aliphatic rings. The third kappa shape index (κ3) is 3.16. The number of carboxylic acids is 1. The molecule has 1 aromatic heterocycles. The highest BCUT2D eigenvalue weighted by molar-refractivity contribution is 7.92. The smallest absolute Gasteiger partial charge is 0.352 e. The number of nitrogens with one attached hydrogen (secondary N) is 2. The van der Waals surface area contributed by atoms with E-state index in [2.05, 4.69) is 9.71 Å². The van der Waals surface area contributed by atoms with Crippen molar-refractivity contribution in [1.82, 2.24) is 4.98 Å². The molecule has 0 aliphatic carbocycles. The highest BCUT2D eigenvalue weighted by atomic mass is 32.2. The summed E-state index contributed by atoms with van der Waals surface area (Å²) in [5, 5.41) is 8.80. The molecular formula is C13H14N2O5S. The maximum absolute atomic E-state index is 12.2. The molecule has 1 aromatic carbocycles. The van der Waals surface area contributed by atoms with Crippen LogP contribution < -0.4 is 9.46 Å². The second-order valence-electron chi connectivity index (χ2n) is 4.36. The van der Waals surface area contributed by atoms with Gasteiger partial charge in [-0.1, -0.05) is 6.07 Å². The van der Waals surface area contributed by atoms with E-state index in [9.17, 15) is 13.2 Å². The number of benzene rings is 1. The van der Waals surface area contributed by atoms with Gasteiger partial charge in [-0.05, 0) is 30.7 Å². The van der Waals surface area contributed by atoms with Gasteiger partial charge in [0, 0.05) is 6.20 Å². The number of sulfonamides is 1. The number of rotatable bonds is 5. The first-order chi connectivity index (χ1) is 9.83. The quantitative estimate of drug-likeness (QED) is 0.780. The van der Waals surface area contributed by atoms with Crippen molar-refractivity contribution in [2.45, 2.75) is 11.8 Å². The van der Waals surface area contributed by atoms with Crippen molar-refractivity contribution in [2.24, 2.45) is 0 Å². The van der Waals surface area contributed by atoms with E-state index < -0.39 is 16.0 Å². The molecule has 2 aromatic rings. The molecule has 21 heavy (non-hydrogen) atoms. The van der Waals surface area contributed by atoms with E-state index in [0.717, 1.165) is 17.8 Å². The van der Waals surface area contributed by atoms with Gasteiger partial charge in [-0.2, -0.15) is 0 Å². The fraction of sp³-hybridized carbons (Fsp3) is 0.154. The number of ether oxygens (including phenoxy) is 1. The van der Waals surface area contributed by atoms with Gasteiger partial charge in [-0.3, -0.25) is 4.72 Å². The van der Waals surface area contributed by atoms with Crippen LogP contribution in [-0.4, -0.2) is 31.6 Å². The lowest BCUT2D eigenvalue weighted by atomic mass is 10.2. The summed E-state index contributed by atoms with van der Waals surface area (Å²) in [6, 6.07) is 6.06. The molecule has 0 bridgehead atoms. The highest BCUT2D eigenvalue weighted by Gasteiger charge is 2.19. The van der Waals surface area contributed by atoms with E-state index in [4.69, 9.17) is 9.84 Å². The SMILES string of the molecule is COc1cc(C)ccc1NS(=O)(=O)c1c[nH]c(C(=O)O)c1. The average Bonchev–Trinajstić information content (AvgIpc) is 2.91. The number of aromatic carboxylic acids is 1. The molecule has 7 nitrogen and oxygen atoms in total. The lowest BCUT2D eigenvalue weighted by Gasteiger charge is -2.11. The van der Waals surface area contributed by atoms with Gasteiger partial charge >= 0.3 is 5.97 Å². The van der Waals surface area contributed by atoms with Crippen LogP contribution >= 0.6 is 0 Å². The topological polar surface area (TPSA) is 108 Å². The Labute approximate surface area is 121 Å². The zero-order chi connectivity index (χ0) is 15.6. The van der Waals surface area contributed by atoms with E-state index in [0.29, 0.717) is 5.75 Å². The number of methoxy groups -OCH3 is 1. The summed E-state index contributed by atoms with van der Waals surface area (Å²) in [5.41, 5.74) is 0.997. The average molecular weight is 310 g/mol. The molecule has 0 spiro atoms. The van der Waals surface area contributed by atoms with Crippen molar-refractivity contribution in [2.75, 3.05) is 11.8 Å². The monoisotopic (exact) mass is 310 g/mol. The largest absolute Gasteiger partial charge is 0.495 e. The molecule has 0 saturated heterocycles. The first-order valence-corrected chi connectivity index (χ1v) is 7.41. The van der Waals surface area contributed by atoms with Gasteiger partial charge in [0.1, 0.15) is 16.3 Å². The minimum Gasteiger partial charge on any atom is -0.495 e. The van der Waals surface area contributed by atoms with Crippen LogP contribution in [0.25, 0.3) is 0 Å². The van der Waals surface area contributed by atoms with Crippen LogP contribution in [0, 0.1) is 6.92 Å². The van der Waals surface area contributed by atoms with Gasteiger partial charge in [0.05, 0.1) is 12.8 Å². The molecule has 2 rings (SSSR count). The fourth-order valence-electron chi connectivity index (χ4n) is 1.74. The van der Waals surface area contributed by atoms with Crippen LogP contribution in [0.2, 0.25) is 0 Å². The molecule has 3 N–H and O–H groups in total. The molecule has 1 heterocycles. The van der Waals surface area contributed by atoms with Crippen LogP contribution in [0.3, 0.4) is 0 Å². The van der Waals surface area contributed by atoms with Gasteiger partial charge in [-0.15, -0.1) is 0 Å². The molecule has 112 valence electrons. The van der Waals surface area contributed by atoms with Crippen LogP contribution in [0.4, 0.5) is 5.69 Å². The number of hydrogen-bond acceptors (Lipinski definition) is 4. The minimum atomic E-state index is -3.90. The number of carboxylic acid groups (broad SMARTS) is 1. The first kappa shape index (κ1) is 14.9. The number of aromatic nitrogens is 1. The second kappa shape index (κ2) is 5.49. The van der Waals surface area contributed by atoms with Crippen molar-refractivity contribution in [1.29, 1.82) is 0 Å². The summed E-state index contributed by atoms with van der Waals surface area (Å²) >= 11 is 0. The zero-order valence-corrected chi connectivity index (χ0v) is 12.2. The van der Waals surface area contributed by atoms with Crippen LogP contribution in [0.5, 0.6) is 5.75 Å². The zero-order valence-electron chi connectivity index (χ0n) is 11.4. The first-order valence-electron chi connectivity index (χ1n) is 5.92. The Morgan fingerprint density at radius 3 is 2.62 bits per heavy atom. The van der Waals surface area contributed by atoms with E-state index in [1.807, 2.05) is 6.92 Å². The van der Waals surface area contributed by atoms with Crippen LogP contribution in [0.1, 0.15) is 16.1 Å². The molecule has 0 aliphatic heterocycles. The maximum atomic E-state index is 12.2. The van der Waals surface area contributed by atoms with E-state index >= 15 is 0 Å². The molecule has 0 fully saturated rings. The van der Waals surface area contributed by atoms with Crippen molar-refractivity contribution < 1.29 is 23.1 Å². The summed E-state index contributed by atoms with van der Waals surface area (Å²) in [6.45, 7) is 1.85. The number of aryl methyl sites for hydroxylation is 1. The number of aromatic amines is 1. The van der Waals surface area contributed by atoms with Crippen molar-refractivity contribution in [3.8, 4) is 5.75 Å². The maximum Gasteiger partial charge on any atom is 0.352 e. The lowest BCUT2D eigenvalue weighted by Crippen LogP contribution is -2.13. The number of H-pyrrole nitrogens is 1. The van der Waals surface area contributed by atoms with Gasteiger partial charge < -0.3 is 14.8 Å². The van der Waals surface area contributed by atoms with Crippen molar-refractivity contribution in [3.05, 3.63) is 41.7 Å². The second-order valence-corrected chi connectivity index (χ2v) is 6.05. The summed E-state index contributed by atoms with van der Waals surface area (Å²) in [5.74, 6) is -0.850. The Morgan fingerprint density at radius 2 is 2.05 bits per heavy atom. The Hall–Kier alpha value is -2.48. The Bertz CT molecular complexity index is 780. The molecule has 0 saturated carbocycles. The third-order valence-corrected chi connectivity index (χ3v) is 4.14. The summed E-state index contributed by atoms with van der Waals surface area (Å²) in [6.07, 6.45) is 1.12. The Kier molecular flexibility index (Phi) is 3.90. The van der Waals surface area contributed by atoms with Crippen LogP contribution in [0.15, 0.2) is 35.4 Å². The fourth-order valence-corrected chi connectivity index (χ4v) is 2.80. The molecule has 0 amide bonds. The lowest BCUT2D eigenvalue weighted by molar-refractivity contribution is 0.0691. The standard InChI is InChI=1S/C13H14N2O5S/c1-8-3-4-10(12(5-8)20-2)15-21(18,19)9-6-11(13(16)17)14-7-9/h3-7,14-15H,1-2H3,(H,16,17). The Balaban J connectivity index is 2.35. The van der Waals surface area contributed by atoms with E-state index in [1.165, 1.54) is 7.11 Å². The molecule has 8 heteroatoms. The van der Waals surface area contributed by atoms with Crippen molar-refractivity contribution in [3.63, 3.8) is 0 Å². The summed E-state index contributed by atoms with van der Waals surface area (Å²) < 4.78 is 31.9. The number of anilines is 1. The molecule has 0 atom stereocenters. The van der Waals surface area contributed by atoms with Gasteiger partial charge in [-0.25, -0.2) is 13.2 Å². The minimum absolute atomic E-state index is 0.164. The van der Waals surface area contributed by atoms with Crippen LogP contribution in [-0.2, 0) is 10.0 Å². The number of carbonyl (C=O) groups is 1. The van der Waals surface area contributed by atoms with Gasteiger partial charge in [0.2, 0.25) is 0 Å². The predicted molar refractivity (Wildman–Crippen MR) is 76.3 cm³/mol. The molecule has 0 radical (unpaired) electrons. The van der Waals surface area contributed by atoms with E-state index in [1.54, 1.807) is 18.2 Å². The molecular weight excluding hydrogens is 296 g/mol. The van der Waals surface area contributed by atoms with Gasteiger partial charge in [0.15, 0.2) is 0 Å².